The number of benzene rings is 1. The van der Waals surface area contributed by atoms with Crippen molar-refractivity contribution < 1.29 is 9.53 Å². The maximum absolute atomic E-state index is 11.4. The van der Waals surface area contributed by atoms with Crippen molar-refractivity contribution in [2.45, 2.75) is 28.9 Å². The summed E-state index contributed by atoms with van der Waals surface area (Å²) in [4.78, 5) is 12.2. The van der Waals surface area contributed by atoms with Gasteiger partial charge in [0, 0.05) is 10.6 Å². The molecule has 0 bridgehead atoms. The monoisotopic (exact) mass is 291 g/mol. The number of hydrogen-bond acceptors (Lipinski definition) is 7. The van der Waals surface area contributed by atoms with Gasteiger partial charge in [-0.15, -0.1) is 5.10 Å². The molecule has 1 saturated carbocycles. The minimum absolute atomic E-state index is 0.406. The summed E-state index contributed by atoms with van der Waals surface area (Å²) < 4.78 is 6.48. The quantitative estimate of drug-likeness (QED) is 0.674. The largest absolute Gasteiger partial charge is 0.465 e. The van der Waals surface area contributed by atoms with Crippen LogP contribution >= 0.6 is 11.8 Å². The summed E-state index contributed by atoms with van der Waals surface area (Å²) in [5, 5.41) is 12.4. The first kappa shape index (κ1) is 12.9. The highest BCUT2D eigenvalue weighted by atomic mass is 32.2. The van der Waals surface area contributed by atoms with E-state index in [-0.39, 0.29) is 0 Å². The molecule has 0 spiro atoms. The molecule has 0 unspecified atom stereocenters. The number of tetrazole rings is 1. The molecule has 0 amide bonds. The zero-order valence-electron chi connectivity index (χ0n) is 10.8. The van der Waals surface area contributed by atoms with Crippen LogP contribution in [0.4, 0.5) is 5.69 Å². The fourth-order valence-corrected chi connectivity index (χ4v) is 2.65. The SMILES string of the molecule is COC(=O)c1ccc(Sc2nnnn2C2CC2)c(N)c1. The van der Waals surface area contributed by atoms with Gasteiger partial charge in [-0.05, 0) is 53.2 Å². The molecule has 1 aromatic carbocycles. The van der Waals surface area contributed by atoms with Gasteiger partial charge in [0.25, 0.3) is 0 Å². The van der Waals surface area contributed by atoms with Crippen LogP contribution < -0.4 is 5.73 Å². The Morgan fingerprint density at radius 1 is 1.50 bits per heavy atom. The van der Waals surface area contributed by atoms with Crippen molar-refractivity contribution in [3.8, 4) is 0 Å². The third-order valence-corrected chi connectivity index (χ3v) is 4.03. The number of rotatable bonds is 4. The van der Waals surface area contributed by atoms with Crippen LogP contribution in [0.5, 0.6) is 0 Å². The molecule has 1 heterocycles. The average molecular weight is 291 g/mol. The molecule has 104 valence electrons. The number of anilines is 1. The highest BCUT2D eigenvalue weighted by Gasteiger charge is 2.28. The molecule has 1 aliphatic carbocycles. The number of carbonyl (C=O) groups is 1. The second-order valence-electron chi connectivity index (χ2n) is 4.48. The van der Waals surface area contributed by atoms with Crippen molar-refractivity contribution >= 4 is 23.4 Å². The zero-order valence-corrected chi connectivity index (χ0v) is 11.6. The zero-order chi connectivity index (χ0) is 14.1. The third kappa shape index (κ3) is 2.46. The van der Waals surface area contributed by atoms with Gasteiger partial charge in [-0.2, -0.15) is 0 Å². The first-order valence-corrected chi connectivity index (χ1v) is 6.94. The Kier molecular flexibility index (Phi) is 3.31. The van der Waals surface area contributed by atoms with Crippen LogP contribution in [0.15, 0.2) is 28.3 Å². The van der Waals surface area contributed by atoms with Crippen LogP contribution in [0.2, 0.25) is 0 Å². The smallest absolute Gasteiger partial charge is 0.337 e. The molecular formula is C12H13N5O2S. The number of nitrogens with two attached hydrogens (primary N) is 1. The normalized spacial score (nSPS) is 14.2. The average Bonchev–Trinajstić information content (AvgIpc) is 3.20. The molecule has 8 heteroatoms. The van der Waals surface area contributed by atoms with E-state index in [1.165, 1.54) is 18.9 Å². The lowest BCUT2D eigenvalue weighted by atomic mass is 10.2. The molecule has 1 aromatic heterocycles. The van der Waals surface area contributed by atoms with Gasteiger partial charge in [0.1, 0.15) is 0 Å². The first-order chi connectivity index (χ1) is 9.69. The summed E-state index contributed by atoms with van der Waals surface area (Å²) >= 11 is 1.39. The number of ether oxygens (including phenoxy) is 1. The van der Waals surface area contributed by atoms with Crippen LogP contribution in [0.3, 0.4) is 0 Å². The van der Waals surface area contributed by atoms with E-state index < -0.39 is 5.97 Å². The van der Waals surface area contributed by atoms with E-state index in [9.17, 15) is 4.79 Å². The van der Waals surface area contributed by atoms with E-state index in [0.29, 0.717) is 22.4 Å². The number of methoxy groups -OCH3 is 1. The summed E-state index contributed by atoms with van der Waals surface area (Å²) in [6.45, 7) is 0. The van der Waals surface area contributed by atoms with Gasteiger partial charge < -0.3 is 10.5 Å². The lowest BCUT2D eigenvalue weighted by Gasteiger charge is -2.07. The van der Waals surface area contributed by atoms with Gasteiger partial charge in [0.2, 0.25) is 5.16 Å². The Balaban J connectivity index is 1.83. The molecule has 2 N–H and O–H groups in total. The maximum atomic E-state index is 11.4. The van der Waals surface area contributed by atoms with Crippen LogP contribution in [0.25, 0.3) is 0 Å². The molecule has 0 atom stereocenters. The summed E-state index contributed by atoms with van der Waals surface area (Å²) in [6.07, 6.45) is 2.21. The van der Waals surface area contributed by atoms with Gasteiger partial charge in [-0.3, -0.25) is 0 Å². The molecule has 1 fully saturated rings. The third-order valence-electron chi connectivity index (χ3n) is 2.99. The van der Waals surface area contributed by atoms with Crippen LogP contribution in [-0.2, 0) is 4.74 Å². The predicted molar refractivity (Wildman–Crippen MR) is 72.4 cm³/mol. The van der Waals surface area contributed by atoms with Crippen molar-refractivity contribution in [2.75, 3.05) is 12.8 Å². The van der Waals surface area contributed by atoms with E-state index in [1.807, 2.05) is 4.68 Å². The fourth-order valence-electron chi connectivity index (χ4n) is 1.79. The maximum Gasteiger partial charge on any atom is 0.337 e. The molecule has 2 aromatic rings. The van der Waals surface area contributed by atoms with E-state index in [1.54, 1.807) is 18.2 Å². The molecule has 0 saturated heterocycles. The molecule has 0 aliphatic heterocycles. The predicted octanol–water partition coefficient (Wildman–Crippen LogP) is 1.53. The van der Waals surface area contributed by atoms with E-state index in [4.69, 9.17) is 5.73 Å². The van der Waals surface area contributed by atoms with Crippen LogP contribution in [0, 0.1) is 0 Å². The van der Waals surface area contributed by atoms with Crippen molar-refractivity contribution in [1.29, 1.82) is 0 Å². The standard InChI is InChI=1S/C12H13N5O2S/c1-19-11(18)7-2-5-10(9(13)6-7)20-12-14-15-16-17(12)8-3-4-8/h2,5-6,8H,3-4,13H2,1H3. The highest BCUT2D eigenvalue weighted by molar-refractivity contribution is 7.99. The lowest BCUT2D eigenvalue weighted by molar-refractivity contribution is 0.0600. The lowest BCUT2D eigenvalue weighted by Crippen LogP contribution is -2.03. The summed E-state index contributed by atoms with van der Waals surface area (Å²) in [6, 6.07) is 5.45. The van der Waals surface area contributed by atoms with Gasteiger partial charge in [-0.1, -0.05) is 0 Å². The van der Waals surface area contributed by atoms with Gasteiger partial charge in [0.15, 0.2) is 0 Å². The summed E-state index contributed by atoms with van der Waals surface area (Å²) in [5.41, 5.74) is 6.90. The van der Waals surface area contributed by atoms with E-state index >= 15 is 0 Å². The Bertz CT molecular complexity index is 653. The van der Waals surface area contributed by atoms with Crippen molar-refractivity contribution in [2.24, 2.45) is 0 Å². The van der Waals surface area contributed by atoms with E-state index in [2.05, 4.69) is 20.3 Å². The van der Waals surface area contributed by atoms with Gasteiger partial charge in [-0.25, -0.2) is 9.48 Å². The summed E-state index contributed by atoms with van der Waals surface area (Å²) in [7, 11) is 1.34. The number of nitrogens with zero attached hydrogens (tertiary/aromatic N) is 4. The van der Waals surface area contributed by atoms with Crippen molar-refractivity contribution in [3.63, 3.8) is 0 Å². The van der Waals surface area contributed by atoms with Gasteiger partial charge in [0.05, 0.1) is 18.7 Å². The number of aromatic nitrogens is 4. The molecule has 7 nitrogen and oxygen atoms in total. The molecule has 0 radical (unpaired) electrons. The fraction of sp³-hybridized carbons (Fsp3) is 0.333. The van der Waals surface area contributed by atoms with Crippen molar-refractivity contribution in [3.05, 3.63) is 23.8 Å². The Hall–Kier alpha value is -2.09. The number of carbonyl (C=O) groups excluding carboxylic acids is 1. The summed E-state index contributed by atoms with van der Waals surface area (Å²) in [5.74, 6) is -0.406. The number of esters is 1. The molecule has 1 aliphatic rings. The molecule has 20 heavy (non-hydrogen) atoms. The Morgan fingerprint density at radius 2 is 2.30 bits per heavy atom. The molecule has 3 rings (SSSR count). The van der Waals surface area contributed by atoms with Crippen LogP contribution in [-0.4, -0.2) is 33.3 Å². The van der Waals surface area contributed by atoms with E-state index in [0.717, 1.165) is 17.7 Å². The Labute approximate surface area is 119 Å². The molecular weight excluding hydrogens is 278 g/mol. The van der Waals surface area contributed by atoms with Crippen LogP contribution in [0.1, 0.15) is 29.2 Å². The topological polar surface area (TPSA) is 95.9 Å². The highest BCUT2D eigenvalue weighted by Crippen LogP contribution is 2.39. The second-order valence-corrected chi connectivity index (χ2v) is 5.49. The second kappa shape index (κ2) is 5.12. The first-order valence-electron chi connectivity index (χ1n) is 6.12. The Morgan fingerprint density at radius 3 is 2.95 bits per heavy atom. The minimum Gasteiger partial charge on any atom is -0.465 e. The number of hydrogen-bond donors (Lipinski definition) is 1. The minimum atomic E-state index is -0.406. The number of nitrogen functional groups attached to an aromatic ring is 1. The van der Waals surface area contributed by atoms with Crippen molar-refractivity contribution in [1.82, 2.24) is 20.2 Å². The van der Waals surface area contributed by atoms with Gasteiger partial charge >= 0.3 is 5.97 Å².